The molecule has 0 nitrogen and oxygen atoms in total. The van der Waals surface area contributed by atoms with Crippen molar-refractivity contribution < 1.29 is 13.2 Å². The van der Waals surface area contributed by atoms with E-state index in [-0.39, 0.29) is 6.42 Å². The Balaban J connectivity index is 3.28. The molecule has 0 aromatic heterocycles. The third-order valence-electron chi connectivity index (χ3n) is 0.997. The van der Waals surface area contributed by atoms with Gasteiger partial charge in [-0.2, -0.15) is 13.2 Å². The molecule has 0 spiro atoms. The van der Waals surface area contributed by atoms with E-state index in [0.717, 1.165) is 6.42 Å². The van der Waals surface area contributed by atoms with E-state index in [9.17, 15) is 13.2 Å². The first-order valence-electron chi connectivity index (χ1n) is 3.28. The predicted molar refractivity (Wildman–Crippen MR) is 34.7 cm³/mol. The maximum Gasteiger partial charge on any atom is 0.389 e. The third kappa shape index (κ3) is 7.53. The van der Waals surface area contributed by atoms with E-state index < -0.39 is 12.6 Å². The Labute approximate surface area is 58.7 Å². The minimum Gasteiger partial charge on any atom is -0.171 e. The number of alkyl halides is 3. The number of hydrogen-bond donors (Lipinski definition) is 0. The lowest BCUT2D eigenvalue weighted by molar-refractivity contribution is -0.133. The fraction of sp³-hybridized carbons (Fsp3) is 0.714. The molecule has 10 heavy (non-hydrogen) atoms. The van der Waals surface area contributed by atoms with Crippen LogP contribution in [0.15, 0.2) is 12.2 Å². The Kier molecular flexibility index (Phi) is 4.16. The van der Waals surface area contributed by atoms with Gasteiger partial charge < -0.3 is 0 Å². The van der Waals surface area contributed by atoms with E-state index in [4.69, 9.17) is 0 Å². The molecule has 0 heterocycles. The molecule has 0 fully saturated rings. The summed E-state index contributed by atoms with van der Waals surface area (Å²) in [4.78, 5) is 0. The van der Waals surface area contributed by atoms with Crippen molar-refractivity contribution in [3.05, 3.63) is 12.2 Å². The van der Waals surface area contributed by atoms with Crippen LogP contribution in [0.3, 0.4) is 0 Å². The summed E-state index contributed by atoms with van der Waals surface area (Å²) in [7, 11) is 0. The van der Waals surface area contributed by atoms with Crippen molar-refractivity contribution in [1.29, 1.82) is 0 Å². The molecule has 0 amide bonds. The van der Waals surface area contributed by atoms with Gasteiger partial charge in [0.15, 0.2) is 0 Å². The van der Waals surface area contributed by atoms with Gasteiger partial charge in [0, 0.05) is 6.42 Å². The molecule has 0 atom stereocenters. The predicted octanol–water partition coefficient (Wildman–Crippen LogP) is 3.30. The van der Waals surface area contributed by atoms with Crippen LogP contribution < -0.4 is 0 Å². The van der Waals surface area contributed by atoms with Crippen LogP contribution in [0.25, 0.3) is 0 Å². The first-order chi connectivity index (χ1) is 4.56. The van der Waals surface area contributed by atoms with Crippen molar-refractivity contribution in [3.63, 3.8) is 0 Å². The van der Waals surface area contributed by atoms with Crippen LogP contribution in [0.2, 0.25) is 0 Å². The number of hydrogen-bond acceptors (Lipinski definition) is 0. The van der Waals surface area contributed by atoms with Gasteiger partial charge in [-0.15, -0.1) is 0 Å². The molecule has 0 saturated heterocycles. The minimum atomic E-state index is -4.00. The van der Waals surface area contributed by atoms with Crippen molar-refractivity contribution in [2.24, 2.45) is 0 Å². The molecule has 0 aromatic carbocycles. The van der Waals surface area contributed by atoms with Crippen LogP contribution in [0.4, 0.5) is 13.2 Å². The summed E-state index contributed by atoms with van der Waals surface area (Å²) in [6, 6.07) is 0. The third-order valence-corrected chi connectivity index (χ3v) is 0.997. The Morgan fingerprint density at radius 1 is 1.20 bits per heavy atom. The largest absolute Gasteiger partial charge is 0.389 e. The summed E-state index contributed by atoms with van der Waals surface area (Å²) < 4.78 is 34.3. The van der Waals surface area contributed by atoms with Crippen molar-refractivity contribution in [1.82, 2.24) is 0 Å². The van der Waals surface area contributed by atoms with Gasteiger partial charge in [0.1, 0.15) is 0 Å². The van der Waals surface area contributed by atoms with Gasteiger partial charge in [-0.05, 0) is 12.8 Å². The molecule has 0 saturated carbocycles. The van der Waals surface area contributed by atoms with E-state index in [1.165, 1.54) is 0 Å². The highest BCUT2D eigenvalue weighted by Crippen LogP contribution is 2.21. The Morgan fingerprint density at radius 2 is 1.80 bits per heavy atom. The van der Waals surface area contributed by atoms with Crippen LogP contribution >= 0.6 is 0 Å². The molecule has 0 bridgehead atoms. The van der Waals surface area contributed by atoms with Crippen LogP contribution in [-0.4, -0.2) is 6.18 Å². The zero-order chi connectivity index (χ0) is 8.04. The van der Waals surface area contributed by atoms with E-state index in [2.05, 4.69) is 0 Å². The monoisotopic (exact) mass is 152 g/mol. The highest BCUT2D eigenvalue weighted by atomic mass is 19.4. The summed E-state index contributed by atoms with van der Waals surface area (Å²) in [6.45, 7) is 1.89. The molecule has 0 aliphatic heterocycles. The normalized spacial score (nSPS) is 12.8. The lowest BCUT2D eigenvalue weighted by atomic mass is 10.2. The quantitative estimate of drug-likeness (QED) is 0.544. The van der Waals surface area contributed by atoms with Crippen molar-refractivity contribution in [3.8, 4) is 0 Å². The van der Waals surface area contributed by atoms with Gasteiger partial charge in [-0.3, -0.25) is 0 Å². The van der Waals surface area contributed by atoms with Crippen LogP contribution in [0.5, 0.6) is 0 Å². The molecule has 0 unspecified atom stereocenters. The topological polar surface area (TPSA) is 0 Å². The van der Waals surface area contributed by atoms with Gasteiger partial charge in [0.05, 0.1) is 0 Å². The van der Waals surface area contributed by atoms with Crippen molar-refractivity contribution >= 4 is 0 Å². The van der Waals surface area contributed by atoms with E-state index in [1.54, 1.807) is 12.2 Å². The van der Waals surface area contributed by atoms with Crippen LogP contribution in [0, 0.1) is 0 Å². The van der Waals surface area contributed by atoms with Crippen LogP contribution in [0.1, 0.15) is 26.2 Å². The Bertz CT molecular complexity index is 102. The second kappa shape index (κ2) is 4.36. The molecule has 0 aromatic rings. The van der Waals surface area contributed by atoms with E-state index in [0.29, 0.717) is 0 Å². The molecule has 3 heteroatoms. The average Bonchev–Trinajstić information content (AvgIpc) is 1.78. The minimum absolute atomic E-state index is 0.108. The van der Waals surface area contributed by atoms with E-state index in [1.807, 2.05) is 6.92 Å². The fourth-order valence-corrected chi connectivity index (χ4v) is 0.532. The maximum absolute atomic E-state index is 11.4. The average molecular weight is 152 g/mol. The molecule has 0 rings (SSSR count). The Hall–Kier alpha value is -0.470. The molecule has 0 aliphatic rings. The number of rotatable bonds is 3. The van der Waals surface area contributed by atoms with Crippen molar-refractivity contribution in [2.45, 2.75) is 32.4 Å². The molecule has 0 N–H and O–H groups in total. The number of allylic oxidation sites excluding steroid dienone is 2. The lowest BCUT2D eigenvalue weighted by Crippen LogP contribution is -2.05. The van der Waals surface area contributed by atoms with E-state index >= 15 is 0 Å². The van der Waals surface area contributed by atoms with Gasteiger partial charge in [0.2, 0.25) is 0 Å². The molecule has 0 aliphatic carbocycles. The van der Waals surface area contributed by atoms with Crippen LogP contribution in [-0.2, 0) is 0 Å². The fourth-order valence-electron chi connectivity index (χ4n) is 0.532. The zero-order valence-electron chi connectivity index (χ0n) is 5.91. The van der Waals surface area contributed by atoms with Gasteiger partial charge in [0.25, 0.3) is 0 Å². The zero-order valence-corrected chi connectivity index (χ0v) is 5.91. The second-order valence-electron chi connectivity index (χ2n) is 2.03. The second-order valence-corrected chi connectivity index (χ2v) is 2.03. The first-order valence-corrected chi connectivity index (χ1v) is 3.28. The van der Waals surface area contributed by atoms with Crippen molar-refractivity contribution in [2.75, 3.05) is 0 Å². The molecule has 60 valence electrons. The Morgan fingerprint density at radius 3 is 2.20 bits per heavy atom. The van der Waals surface area contributed by atoms with Gasteiger partial charge in [-0.25, -0.2) is 0 Å². The van der Waals surface area contributed by atoms with Gasteiger partial charge in [-0.1, -0.05) is 19.1 Å². The maximum atomic E-state index is 11.4. The molecule has 0 radical (unpaired) electrons. The summed E-state index contributed by atoms with van der Waals surface area (Å²) in [5.74, 6) is 0. The summed E-state index contributed by atoms with van der Waals surface area (Å²) in [6.07, 6.45) is -0.490. The summed E-state index contributed by atoms with van der Waals surface area (Å²) in [5.41, 5.74) is 0. The SMILES string of the molecule is CC/C=C/CCC(F)(F)F. The lowest BCUT2D eigenvalue weighted by Gasteiger charge is -2.01. The highest BCUT2D eigenvalue weighted by Gasteiger charge is 2.25. The highest BCUT2D eigenvalue weighted by molar-refractivity contribution is 4.80. The standard InChI is InChI=1S/C7H11F3/c1-2-3-4-5-6-7(8,9)10/h3-4H,2,5-6H2,1H3/b4-3+. The first kappa shape index (κ1) is 9.53. The van der Waals surface area contributed by atoms with Gasteiger partial charge >= 0.3 is 6.18 Å². The smallest absolute Gasteiger partial charge is 0.171 e. The molecular weight excluding hydrogens is 141 g/mol. The summed E-state index contributed by atoms with van der Waals surface area (Å²) in [5, 5.41) is 0. The summed E-state index contributed by atoms with van der Waals surface area (Å²) >= 11 is 0. The number of halogens is 3. The molecular formula is C7H11F3.